The minimum absolute atomic E-state index is 0.233. The first-order valence-corrected chi connectivity index (χ1v) is 17.0. The lowest BCUT2D eigenvalue weighted by Gasteiger charge is -2.46. The smallest absolute Gasteiger partial charge is 0.327 e. The molecule has 16 nitrogen and oxygen atoms in total. The molecule has 0 unspecified atom stereocenters. The van der Waals surface area contributed by atoms with Crippen LogP contribution in [0.15, 0.2) is 30.3 Å². The van der Waals surface area contributed by atoms with E-state index in [1.54, 1.807) is 45.9 Å². The summed E-state index contributed by atoms with van der Waals surface area (Å²) in [5, 5.41) is 16.1. The van der Waals surface area contributed by atoms with E-state index < -0.39 is 124 Å². The number of benzene rings is 1. The maximum Gasteiger partial charge on any atom is 0.327 e. The van der Waals surface area contributed by atoms with Crippen LogP contribution in [0.4, 0.5) is 4.79 Å². The average molecular weight is 721 g/mol. The summed E-state index contributed by atoms with van der Waals surface area (Å²) < 4.78 is 36.3. The van der Waals surface area contributed by atoms with E-state index in [9.17, 15) is 43.5 Å². The molecule has 5 aliphatic heterocycles. The molecule has 18 heteroatoms. The van der Waals surface area contributed by atoms with Crippen molar-refractivity contribution < 1.29 is 50.3 Å². The number of carbonyl (C=O) groups is 8. The molecule has 5 aliphatic rings. The third-order valence-electron chi connectivity index (χ3n) is 9.22. The number of hydrogen-bond donors (Lipinski definition) is 4. The zero-order valence-corrected chi connectivity index (χ0v) is 28.3. The Labute approximate surface area is 297 Å². The summed E-state index contributed by atoms with van der Waals surface area (Å²) >= 11 is 2.49. The molecule has 8 amide bonds. The highest BCUT2D eigenvalue weighted by Gasteiger charge is 2.67. The van der Waals surface area contributed by atoms with Crippen molar-refractivity contribution in [3.8, 4) is 0 Å². The van der Waals surface area contributed by atoms with Crippen molar-refractivity contribution in [3.63, 3.8) is 0 Å². The number of likely N-dealkylation sites (N-methyl/N-ethyl adjacent to an activating group) is 1. The Balaban J connectivity index is 1.13. The van der Waals surface area contributed by atoms with Gasteiger partial charge in [0.2, 0.25) is 23.6 Å². The van der Waals surface area contributed by atoms with E-state index in [4.69, 9.17) is 6.85 Å². The van der Waals surface area contributed by atoms with Crippen LogP contribution >= 0.6 is 23.5 Å². The van der Waals surface area contributed by atoms with Gasteiger partial charge in [-0.25, -0.2) is 9.59 Å². The lowest BCUT2D eigenvalue weighted by Crippen LogP contribution is -2.74. The third-order valence-corrected chi connectivity index (χ3v) is 12.4. The Morgan fingerprint density at radius 3 is 2.06 bits per heavy atom. The van der Waals surface area contributed by atoms with Crippen LogP contribution < -0.4 is 16.0 Å². The maximum absolute atomic E-state index is 13.8. The van der Waals surface area contributed by atoms with Crippen molar-refractivity contribution >= 4 is 71.0 Å². The molecular formula is C31H37N7O9S2. The molecule has 0 saturated carbocycles. The fraction of sp³-hybridized carbons (Fsp3) is 0.548. The first-order valence-electron chi connectivity index (χ1n) is 17.7. The van der Waals surface area contributed by atoms with Gasteiger partial charge in [0.1, 0.15) is 41.0 Å². The molecule has 0 aliphatic carbocycles. The predicted molar refractivity (Wildman–Crippen MR) is 175 cm³/mol. The van der Waals surface area contributed by atoms with E-state index in [1.165, 1.54) is 45.5 Å². The number of nitrogens with one attached hydrogen (secondary N) is 3. The number of imide groups is 1. The number of piperazine rings is 1. The number of carboxylic acid groups (broad SMARTS) is 1. The highest BCUT2D eigenvalue weighted by molar-refractivity contribution is 8.02. The number of carbonyl (C=O) groups excluding carboxylic acids is 7. The summed E-state index contributed by atoms with van der Waals surface area (Å²) in [5.74, 6) is -6.88. The van der Waals surface area contributed by atoms with Crippen LogP contribution in [-0.4, -0.2) is 136 Å². The van der Waals surface area contributed by atoms with Gasteiger partial charge in [-0.2, -0.15) is 0 Å². The number of aliphatic carboxylic acids is 1. The molecule has 5 heterocycles. The average Bonchev–Trinajstić information content (AvgIpc) is 3.49. The van der Waals surface area contributed by atoms with Gasteiger partial charge in [-0.05, 0) is 40.1 Å². The maximum atomic E-state index is 13.8. The van der Waals surface area contributed by atoms with Gasteiger partial charge in [-0.3, -0.25) is 33.7 Å². The van der Waals surface area contributed by atoms with Crippen molar-refractivity contribution in [2.45, 2.75) is 85.0 Å². The van der Waals surface area contributed by atoms with Gasteiger partial charge in [0.15, 0.2) is 0 Å². The summed E-state index contributed by atoms with van der Waals surface area (Å²) in [6.45, 7) is -0.827. The minimum Gasteiger partial charge on any atom is -0.480 e. The number of carboxylic acids is 1. The fourth-order valence-corrected chi connectivity index (χ4v) is 10.1. The van der Waals surface area contributed by atoms with Crippen LogP contribution in [0.2, 0.25) is 0 Å². The second-order valence-corrected chi connectivity index (χ2v) is 16.7. The number of urea groups is 1. The molecule has 1 aromatic rings. The molecule has 4 N–H and O–H groups in total. The molecule has 0 bridgehead atoms. The lowest BCUT2D eigenvalue weighted by molar-refractivity contribution is -0.162. The Morgan fingerprint density at radius 2 is 1.47 bits per heavy atom. The molecule has 6 rings (SSSR count). The number of nitrogens with zero attached hydrogens (tertiary/aromatic N) is 4. The largest absolute Gasteiger partial charge is 0.480 e. The number of rotatable bonds is 8. The van der Waals surface area contributed by atoms with Crippen LogP contribution in [-0.2, 0) is 33.6 Å². The zero-order valence-electron chi connectivity index (χ0n) is 31.7. The summed E-state index contributed by atoms with van der Waals surface area (Å²) in [5.41, 5.74) is 0.233. The molecular weight excluding hydrogens is 679 g/mol. The zero-order chi connectivity index (χ0) is 40.0. The standard InChI is InChI=1S/C31H37N7O9S2/c1-6-35-12-13-36(25(44)24(35)43)29(47)34-15(14-10-8-7-9-11-14)20(39)32-16-22(41)37-18(30(2,3)48-26(16)37)21(40)33-17-23(42)38-19(28(45)46)31(4,5)49-27(17)38/h7-11,15-19,26-27H,6,12-13H2,1-5H3,(H,32,39)(H,33,40)(H,34,47)(H,45,46)/t15-,16-,17-,18+,19+,26-,27-/m1/s1/i1D3,6D2. The SMILES string of the molecule is [2H]C([2H])([2H])C([2H])([2H])N1CCN(C(=O)N[C@@H](C(=O)N[C@@H]2C(=O)N3[C@@H]2SC(C)(C)[C@@H]3C(=O)N[C@@H]2C(=O)N3[C@@H]2SC(C)(C)[C@@H]3C(=O)O)c2ccccc2)C(=O)C1=O. The number of hydrogen-bond acceptors (Lipinski definition) is 10. The Hall–Kier alpha value is -4.32. The van der Waals surface area contributed by atoms with Crippen molar-refractivity contribution in [3.05, 3.63) is 35.9 Å². The van der Waals surface area contributed by atoms with E-state index in [2.05, 4.69) is 16.0 Å². The van der Waals surface area contributed by atoms with E-state index in [1.807, 2.05) is 0 Å². The van der Waals surface area contributed by atoms with E-state index in [-0.39, 0.29) is 10.5 Å². The van der Waals surface area contributed by atoms with E-state index in [0.29, 0.717) is 4.90 Å². The van der Waals surface area contributed by atoms with Crippen LogP contribution in [0, 0.1) is 0 Å². The highest BCUT2D eigenvalue weighted by atomic mass is 32.2. The van der Waals surface area contributed by atoms with Crippen molar-refractivity contribution in [2.75, 3.05) is 19.6 Å². The summed E-state index contributed by atoms with van der Waals surface area (Å²) in [6.07, 6.45) is 0. The van der Waals surface area contributed by atoms with Crippen LogP contribution in [0.25, 0.3) is 0 Å². The molecule has 262 valence electrons. The minimum atomic E-state index is -3.29. The molecule has 1 aromatic carbocycles. The van der Waals surface area contributed by atoms with Gasteiger partial charge in [-0.15, -0.1) is 23.5 Å². The summed E-state index contributed by atoms with van der Waals surface area (Å²) in [4.78, 5) is 108. The van der Waals surface area contributed by atoms with Gasteiger partial charge >= 0.3 is 23.8 Å². The van der Waals surface area contributed by atoms with Crippen LogP contribution in [0.5, 0.6) is 0 Å². The lowest BCUT2D eigenvalue weighted by atomic mass is 9.93. The predicted octanol–water partition coefficient (Wildman–Crippen LogP) is -0.693. The number of thioether (sulfide) groups is 2. The molecule has 49 heavy (non-hydrogen) atoms. The molecule has 0 spiro atoms. The van der Waals surface area contributed by atoms with Gasteiger partial charge in [0.25, 0.3) is 0 Å². The topological polar surface area (TPSA) is 206 Å². The fourth-order valence-electron chi connectivity index (χ4n) is 6.87. The Morgan fingerprint density at radius 1 is 0.898 bits per heavy atom. The van der Waals surface area contributed by atoms with Gasteiger partial charge in [-0.1, -0.05) is 30.3 Å². The van der Waals surface area contributed by atoms with Gasteiger partial charge < -0.3 is 35.8 Å². The second kappa shape index (κ2) is 12.2. The molecule has 5 saturated heterocycles. The summed E-state index contributed by atoms with van der Waals surface area (Å²) in [7, 11) is 0. The van der Waals surface area contributed by atoms with Crippen molar-refractivity contribution in [1.29, 1.82) is 0 Å². The van der Waals surface area contributed by atoms with Gasteiger partial charge in [0.05, 0.1) is 0 Å². The van der Waals surface area contributed by atoms with Crippen LogP contribution in [0.3, 0.4) is 0 Å². The molecule has 7 atom stereocenters. The molecule has 0 radical (unpaired) electrons. The molecule has 0 aromatic heterocycles. The van der Waals surface area contributed by atoms with Crippen molar-refractivity contribution in [2.24, 2.45) is 0 Å². The second-order valence-electron chi connectivity index (χ2n) is 13.1. The third kappa shape index (κ3) is 5.57. The Bertz CT molecular complexity index is 1850. The van der Waals surface area contributed by atoms with Crippen LogP contribution in [0.1, 0.15) is 53.0 Å². The first kappa shape index (κ1) is 28.5. The number of β-lactam (4-membered cyclic amide) rings is 2. The van der Waals surface area contributed by atoms with Gasteiger partial charge in [0, 0.05) is 35.9 Å². The van der Waals surface area contributed by atoms with E-state index in [0.717, 1.165) is 0 Å². The first-order chi connectivity index (χ1) is 24.9. The van der Waals surface area contributed by atoms with E-state index >= 15 is 0 Å². The highest BCUT2D eigenvalue weighted by Crippen LogP contribution is 2.53. The van der Waals surface area contributed by atoms with Crippen molar-refractivity contribution in [1.82, 2.24) is 35.6 Å². The quantitative estimate of drug-likeness (QED) is 0.195. The number of amides is 8. The Kier molecular flexibility index (Phi) is 7.11. The number of fused-ring (bicyclic) bond motifs is 2. The summed E-state index contributed by atoms with van der Waals surface area (Å²) in [6, 6.07) is 0.766. The molecule has 5 fully saturated rings. The normalized spacial score (nSPS) is 32.2. The monoisotopic (exact) mass is 720 g/mol.